The molecule has 0 spiro atoms. The summed E-state index contributed by atoms with van der Waals surface area (Å²) >= 11 is 0. The SMILES string of the molecule is CC(C)=C(Cn1c2c(c3cc(C)ccc31)CN(C)CC2)c1ccncc1. The van der Waals surface area contributed by atoms with Crippen LogP contribution in [0.4, 0.5) is 0 Å². The van der Waals surface area contributed by atoms with Gasteiger partial charge in [-0.05, 0) is 68.8 Å². The highest BCUT2D eigenvalue weighted by molar-refractivity contribution is 5.87. The molecule has 0 amide bonds. The first kappa shape index (κ1) is 17.0. The van der Waals surface area contributed by atoms with Crippen molar-refractivity contribution < 1.29 is 0 Å². The van der Waals surface area contributed by atoms with Crippen LogP contribution in [-0.4, -0.2) is 28.0 Å². The lowest BCUT2D eigenvalue weighted by Gasteiger charge is -2.25. The van der Waals surface area contributed by atoms with Crippen molar-refractivity contribution in [1.29, 1.82) is 0 Å². The van der Waals surface area contributed by atoms with Crippen molar-refractivity contribution in [2.75, 3.05) is 13.6 Å². The second-order valence-corrected chi connectivity index (χ2v) is 7.73. The molecule has 1 aliphatic rings. The molecule has 0 bridgehead atoms. The lowest BCUT2D eigenvalue weighted by molar-refractivity contribution is 0.310. The molecule has 26 heavy (non-hydrogen) atoms. The molecule has 134 valence electrons. The predicted molar refractivity (Wildman–Crippen MR) is 109 cm³/mol. The number of rotatable bonds is 3. The highest BCUT2D eigenvalue weighted by atomic mass is 15.1. The summed E-state index contributed by atoms with van der Waals surface area (Å²) in [5.74, 6) is 0. The van der Waals surface area contributed by atoms with Crippen molar-refractivity contribution >= 4 is 16.5 Å². The monoisotopic (exact) mass is 345 g/mol. The van der Waals surface area contributed by atoms with Gasteiger partial charge in [-0.2, -0.15) is 0 Å². The number of fused-ring (bicyclic) bond motifs is 3. The van der Waals surface area contributed by atoms with Crippen LogP contribution in [0.15, 0.2) is 48.3 Å². The van der Waals surface area contributed by atoms with E-state index in [9.17, 15) is 0 Å². The van der Waals surface area contributed by atoms with Gasteiger partial charge in [0.05, 0.1) is 0 Å². The van der Waals surface area contributed by atoms with Crippen LogP contribution in [0.3, 0.4) is 0 Å². The van der Waals surface area contributed by atoms with E-state index in [-0.39, 0.29) is 0 Å². The van der Waals surface area contributed by atoms with Gasteiger partial charge in [0.25, 0.3) is 0 Å². The number of likely N-dealkylation sites (N-methyl/N-ethyl adjacent to an activating group) is 1. The molecule has 0 radical (unpaired) electrons. The summed E-state index contributed by atoms with van der Waals surface area (Å²) in [4.78, 5) is 6.62. The van der Waals surface area contributed by atoms with E-state index in [1.54, 1.807) is 0 Å². The lowest BCUT2D eigenvalue weighted by atomic mass is 10.0. The Morgan fingerprint density at radius 2 is 1.88 bits per heavy atom. The maximum absolute atomic E-state index is 4.19. The zero-order chi connectivity index (χ0) is 18.3. The third kappa shape index (κ3) is 2.97. The molecular weight excluding hydrogens is 318 g/mol. The molecule has 0 saturated heterocycles. The van der Waals surface area contributed by atoms with Crippen LogP contribution in [0.1, 0.15) is 36.2 Å². The van der Waals surface area contributed by atoms with Crippen LogP contribution < -0.4 is 0 Å². The molecule has 2 aromatic heterocycles. The Morgan fingerprint density at radius 3 is 2.62 bits per heavy atom. The van der Waals surface area contributed by atoms with Crippen LogP contribution >= 0.6 is 0 Å². The normalized spacial score (nSPS) is 14.5. The molecule has 0 fully saturated rings. The quantitative estimate of drug-likeness (QED) is 0.678. The molecule has 0 N–H and O–H groups in total. The van der Waals surface area contributed by atoms with Crippen molar-refractivity contribution in [3.8, 4) is 0 Å². The van der Waals surface area contributed by atoms with Crippen molar-refractivity contribution in [2.45, 2.75) is 40.3 Å². The van der Waals surface area contributed by atoms with E-state index in [0.29, 0.717) is 0 Å². The van der Waals surface area contributed by atoms with Crippen LogP contribution in [0.2, 0.25) is 0 Å². The number of allylic oxidation sites excluding steroid dienone is 2. The van der Waals surface area contributed by atoms with E-state index >= 15 is 0 Å². The molecule has 3 nitrogen and oxygen atoms in total. The minimum atomic E-state index is 0.922. The molecule has 1 aliphatic heterocycles. The number of nitrogens with zero attached hydrogens (tertiary/aromatic N) is 3. The maximum atomic E-state index is 4.19. The van der Waals surface area contributed by atoms with E-state index in [0.717, 1.165) is 26.1 Å². The summed E-state index contributed by atoms with van der Waals surface area (Å²) in [5, 5.41) is 1.43. The van der Waals surface area contributed by atoms with Gasteiger partial charge in [-0.25, -0.2) is 0 Å². The molecule has 1 aromatic carbocycles. The van der Waals surface area contributed by atoms with Crippen molar-refractivity contribution in [3.63, 3.8) is 0 Å². The fourth-order valence-corrected chi connectivity index (χ4v) is 4.13. The second-order valence-electron chi connectivity index (χ2n) is 7.73. The van der Waals surface area contributed by atoms with E-state index < -0.39 is 0 Å². The Labute approximate surface area is 156 Å². The third-order valence-corrected chi connectivity index (χ3v) is 5.55. The van der Waals surface area contributed by atoms with Crippen LogP contribution in [-0.2, 0) is 19.5 Å². The van der Waals surface area contributed by atoms with Gasteiger partial charge >= 0.3 is 0 Å². The highest BCUT2D eigenvalue weighted by Crippen LogP contribution is 2.33. The van der Waals surface area contributed by atoms with Gasteiger partial charge in [0.2, 0.25) is 0 Å². The molecule has 0 atom stereocenters. The van der Waals surface area contributed by atoms with Gasteiger partial charge < -0.3 is 9.47 Å². The van der Waals surface area contributed by atoms with Gasteiger partial charge in [0, 0.05) is 55.0 Å². The summed E-state index contributed by atoms with van der Waals surface area (Å²) in [7, 11) is 2.22. The molecule has 3 heteroatoms. The smallest absolute Gasteiger partial charge is 0.0489 e. The first-order valence-electron chi connectivity index (χ1n) is 9.40. The zero-order valence-electron chi connectivity index (χ0n) is 16.2. The van der Waals surface area contributed by atoms with Crippen LogP contribution in [0.25, 0.3) is 16.5 Å². The van der Waals surface area contributed by atoms with Crippen molar-refractivity contribution in [3.05, 3.63) is 70.7 Å². The lowest BCUT2D eigenvalue weighted by Crippen LogP contribution is -2.27. The number of aryl methyl sites for hydroxylation is 1. The second kappa shape index (κ2) is 6.73. The summed E-state index contributed by atoms with van der Waals surface area (Å²) in [6, 6.07) is 11.1. The van der Waals surface area contributed by atoms with E-state index in [4.69, 9.17) is 0 Å². The largest absolute Gasteiger partial charge is 0.340 e. The number of benzene rings is 1. The Morgan fingerprint density at radius 1 is 1.12 bits per heavy atom. The molecule has 3 heterocycles. The predicted octanol–water partition coefficient (Wildman–Crippen LogP) is 4.83. The first-order valence-corrected chi connectivity index (χ1v) is 9.40. The Hall–Kier alpha value is -2.39. The minimum absolute atomic E-state index is 0.922. The minimum Gasteiger partial charge on any atom is -0.340 e. The first-order chi connectivity index (χ1) is 12.5. The standard InChI is InChI=1S/C23H27N3/c1-16(2)20(18-7-10-24-11-8-18)15-26-22-6-5-17(3)13-19(22)21-14-25(4)12-9-23(21)26/h5-8,10-11,13H,9,12,14-15H2,1-4H3. The Bertz CT molecular complexity index is 976. The molecule has 3 aromatic rings. The maximum Gasteiger partial charge on any atom is 0.0489 e. The molecule has 0 saturated carbocycles. The molecule has 0 aliphatic carbocycles. The fraction of sp³-hybridized carbons (Fsp3) is 0.348. The fourth-order valence-electron chi connectivity index (χ4n) is 4.13. The number of hydrogen-bond acceptors (Lipinski definition) is 2. The number of aromatic nitrogens is 2. The van der Waals surface area contributed by atoms with Gasteiger partial charge in [-0.15, -0.1) is 0 Å². The molecular formula is C23H27N3. The topological polar surface area (TPSA) is 21.1 Å². The Kier molecular flexibility index (Phi) is 4.41. The summed E-state index contributed by atoms with van der Waals surface area (Å²) < 4.78 is 2.56. The average Bonchev–Trinajstić information content (AvgIpc) is 2.92. The molecule has 0 unspecified atom stereocenters. The van der Waals surface area contributed by atoms with E-state index in [2.05, 4.69) is 72.6 Å². The van der Waals surface area contributed by atoms with E-state index in [1.165, 1.54) is 44.4 Å². The number of pyridine rings is 1. The van der Waals surface area contributed by atoms with Crippen LogP contribution in [0.5, 0.6) is 0 Å². The Balaban J connectivity index is 1.88. The third-order valence-electron chi connectivity index (χ3n) is 5.55. The van der Waals surface area contributed by atoms with Crippen molar-refractivity contribution in [1.82, 2.24) is 14.5 Å². The van der Waals surface area contributed by atoms with Gasteiger partial charge in [0.15, 0.2) is 0 Å². The average molecular weight is 345 g/mol. The zero-order valence-corrected chi connectivity index (χ0v) is 16.2. The van der Waals surface area contributed by atoms with Gasteiger partial charge in [-0.1, -0.05) is 17.2 Å². The summed E-state index contributed by atoms with van der Waals surface area (Å²) in [5.41, 5.74) is 9.76. The van der Waals surface area contributed by atoms with Gasteiger partial charge in [0.1, 0.15) is 0 Å². The number of hydrogen-bond donors (Lipinski definition) is 0. The molecule has 4 rings (SSSR count). The van der Waals surface area contributed by atoms with Crippen molar-refractivity contribution in [2.24, 2.45) is 0 Å². The highest BCUT2D eigenvalue weighted by Gasteiger charge is 2.23. The van der Waals surface area contributed by atoms with E-state index in [1.807, 2.05) is 12.4 Å². The summed E-state index contributed by atoms with van der Waals surface area (Å²) in [6.07, 6.45) is 4.89. The van der Waals surface area contributed by atoms with Crippen LogP contribution in [0, 0.1) is 6.92 Å². The summed E-state index contributed by atoms with van der Waals surface area (Å²) in [6.45, 7) is 9.71. The van der Waals surface area contributed by atoms with Gasteiger partial charge in [-0.3, -0.25) is 4.98 Å².